The molecular weight excluding hydrogens is 422 g/mol. The van der Waals surface area contributed by atoms with E-state index in [9.17, 15) is 0 Å². The largest absolute Gasteiger partial charge is 0.310 e. The van der Waals surface area contributed by atoms with Gasteiger partial charge in [-0.25, -0.2) is 0 Å². The summed E-state index contributed by atoms with van der Waals surface area (Å²) in [5, 5.41) is 0. The van der Waals surface area contributed by atoms with Crippen molar-refractivity contribution in [2.24, 2.45) is 0 Å². The Bertz CT molecular complexity index is 1440. The minimum absolute atomic E-state index is 0.372. The molecule has 0 fully saturated rings. The fraction of sp³-hybridized carbons (Fsp3) is 0.118. The highest BCUT2D eigenvalue weighted by atomic mass is 15.2. The number of hydrogen-bond acceptors (Lipinski definition) is 1. The normalized spacial score (nSPS) is 14.7. The number of nitrogens with zero attached hydrogens (tertiary/aromatic N) is 1. The van der Waals surface area contributed by atoms with Crippen LogP contribution in [0.5, 0.6) is 0 Å². The molecule has 4 aromatic rings. The molecule has 1 aliphatic heterocycles. The first-order valence-electron chi connectivity index (χ1n) is 12.3. The van der Waals surface area contributed by atoms with Crippen LogP contribution < -0.4 is 4.90 Å². The zero-order chi connectivity index (χ0) is 24.2. The Balaban J connectivity index is 1.69. The molecule has 1 heteroatoms. The van der Waals surface area contributed by atoms with Crippen molar-refractivity contribution in [1.82, 2.24) is 0 Å². The maximum absolute atomic E-state index is 4.54. The molecule has 0 radical (unpaired) electrons. The zero-order valence-electron chi connectivity index (χ0n) is 20.4. The number of hydrogen-bond donors (Lipinski definition) is 0. The summed E-state index contributed by atoms with van der Waals surface area (Å²) in [6.45, 7) is 13.1. The number of allylic oxidation sites excluding steroid dienone is 3. The quantitative estimate of drug-likeness (QED) is 0.247. The second-order valence-corrected chi connectivity index (χ2v) is 9.49. The summed E-state index contributed by atoms with van der Waals surface area (Å²) >= 11 is 0. The molecule has 0 aromatic heterocycles. The number of benzene rings is 4. The van der Waals surface area contributed by atoms with E-state index in [1.807, 2.05) is 0 Å². The molecule has 0 amide bonds. The van der Waals surface area contributed by atoms with Crippen LogP contribution in [0.25, 0.3) is 11.1 Å². The van der Waals surface area contributed by atoms with Crippen LogP contribution in [0.15, 0.2) is 133 Å². The van der Waals surface area contributed by atoms with Gasteiger partial charge in [0.2, 0.25) is 0 Å². The Kier molecular flexibility index (Phi) is 4.89. The molecule has 1 aliphatic carbocycles. The van der Waals surface area contributed by atoms with E-state index in [0.29, 0.717) is 0 Å². The van der Waals surface area contributed by atoms with Crippen LogP contribution >= 0.6 is 0 Å². The lowest BCUT2D eigenvalue weighted by atomic mass is 9.64. The Morgan fingerprint density at radius 2 is 1.11 bits per heavy atom. The molecule has 170 valence electrons. The molecule has 0 atom stereocenters. The lowest BCUT2D eigenvalue weighted by Crippen LogP contribution is -2.37. The summed E-state index contributed by atoms with van der Waals surface area (Å²) in [5.74, 6) is 0. The molecule has 1 heterocycles. The summed E-state index contributed by atoms with van der Waals surface area (Å²) in [6, 6.07) is 35.5. The number of rotatable bonds is 4. The first-order valence-corrected chi connectivity index (χ1v) is 12.3. The smallest absolute Gasteiger partial charge is 0.0754 e. The highest BCUT2D eigenvalue weighted by Crippen LogP contribution is 2.62. The fourth-order valence-corrected chi connectivity index (χ4v) is 6.07. The van der Waals surface area contributed by atoms with Crippen LogP contribution in [0.2, 0.25) is 0 Å². The third-order valence-corrected chi connectivity index (χ3v) is 7.71. The summed E-state index contributed by atoms with van der Waals surface area (Å²) in [7, 11) is 0. The van der Waals surface area contributed by atoms with Crippen LogP contribution in [0.3, 0.4) is 0 Å². The van der Waals surface area contributed by atoms with Crippen molar-refractivity contribution in [3.8, 4) is 11.1 Å². The molecule has 2 aliphatic rings. The van der Waals surface area contributed by atoms with Crippen molar-refractivity contribution >= 4 is 11.4 Å². The molecule has 0 N–H and O–H groups in total. The Morgan fingerprint density at radius 1 is 0.686 bits per heavy atom. The van der Waals surface area contributed by atoms with E-state index in [2.05, 4.69) is 135 Å². The van der Waals surface area contributed by atoms with Crippen LogP contribution in [-0.2, 0) is 5.41 Å². The Morgan fingerprint density at radius 3 is 1.60 bits per heavy atom. The lowest BCUT2D eigenvalue weighted by Gasteiger charge is -2.45. The van der Waals surface area contributed by atoms with E-state index in [1.165, 1.54) is 50.3 Å². The number of fused-ring (bicyclic) bond motifs is 9. The summed E-state index contributed by atoms with van der Waals surface area (Å²) in [6.07, 6.45) is 3.10. The SMILES string of the molecule is C=C(CC)/C(C)=C\C(=C)N1c2ccccc2C2(c3ccccc3-c3ccccc32)c2ccccc21. The van der Waals surface area contributed by atoms with Gasteiger partial charge in [-0.15, -0.1) is 0 Å². The number of anilines is 2. The van der Waals surface area contributed by atoms with Crippen molar-refractivity contribution in [3.05, 3.63) is 155 Å². The maximum atomic E-state index is 4.54. The Hall–Kier alpha value is -4.10. The minimum atomic E-state index is -0.372. The second kappa shape index (κ2) is 7.99. The van der Waals surface area contributed by atoms with Gasteiger partial charge in [-0.05, 0) is 70.5 Å². The predicted octanol–water partition coefficient (Wildman–Crippen LogP) is 8.93. The van der Waals surface area contributed by atoms with Crippen LogP contribution in [0.1, 0.15) is 42.5 Å². The van der Waals surface area contributed by atoms with Gasteiger partial charge >= 0.3 is 0 Å². The molecule has 6 rings (SSSR count). The first kappa shape index (κ1) is 21.4. The highest BCUT2D eigenvalue weighted by Gasteiger charge is 2.51. The fourth-order valence-electron chi connectivity index (χ4n) is 6.07. The predicted molar refractivity (Wildman–Crippen MR) is 148 cm³/mol. The highest BCUT2D eigenvalue weighted by molar-refractivity contribution is 5.94. The topological polar surface area (TPSA) is 3.24 Å². The molecule has 0 saturated heterocycles. The van der Waals surface area contributed by atoms with Gasteiger partial charge < -0.3 is 4.90 Å². The van der Waals surface area contributed by atoms with E-state index in [-0.39, 0.29) is 5.41 Å². The molecule has 0 bridgehead atoms. The third-order valence-electron chi connectivity index (χ3n) is 7.71. The molecule has 0 unspecified atom stereocenters. The van der Waals surface area contributed by atoms with Gasteiger partial charge in [0, 0.05) is 5.70 Å². The maximum Gasteiger partial charge on any atom is 0.0754 e. The summed E-state index contributed by atoms with van der Waals surface area (Å²) in [5.41, 5.74) is 13.1. The van der Waals surface area contributed by atoms with Crippen molar-refractivity contribution in [1.29, 1.82) is 0 Å². The van der Waals surface area contributed by atoms with Gasteiger partial charge in [-0.2, -0.15) is 0 Å². The van der Waals surface area contributed by atoms with Gasteiger partial charge in [0.05, 0.1) is 16.8 Å². The average Bonchev–Trinajstić information content (AvgIpc) is 3.20. The van der Waals surface area contributed by atoms with E-state index >= 15 is 0 Å². The van der Waals surface area contributed by atoms with E-state index < -0.39 is 0 Å². The second-order valence-electron chi connectivity index (χ2n) is 9.49. The van der Waals surface area contributed by atoms with Gasteiger partial charge in [-0.3, -0.25) is 0 Å². The number of para-hydroxylation sites is 2. The van der Waals surface area contributed by atoms with E-state index in [1.54, 1.807) is 0 Å². The van der Waals surface area contributed by atoms with Gasteiger partial charge in [-0.1, -0.05) is 111 Å². The molecule has 1 spiro atoms. The molecule has 35 heavy (non-hydrogen) atoms. The lowest BCUT2D eigenvalue weighted by molar-refractivity contribution is 0.749. The van der Waals surface area contributed by atoms with E-state index in [4.69, 9.17) is 0 Å². The molecule has 0 saturated carbocycles. The minimum Gasteiger partial charge on any atom is -0.310 e. The summed E-state index contributed by atoms with van der Waals surface area (Å²) < 4.78 is 0. The summed E-state index contributed by atoms with van der Waals surface area (Å²) in [4.78, 5) is 2.33. The zero-order valence-corrected chi connectivity index (χ0v) is 20.4. The van der Waals surface area contributed by atoms with Gasteiger partial charge in [0.15, 0.2) is 0 Å². The monoisotopic (exact) mass is 451 g/mol. The van der Waals surface area contributed by atoms with Crippen LogP contribution in [0.4, 0.5) is 11.4 Å². The third kappa shape index (κ3) is 2.88. The van der Waals surface area contributed by atoms with Gasteiger partial charge in [0.1, 0.15) is 0 Å². The van der Waals surface area contributed by atoms with Crippen LogP contribution in [-0.4, -0.2) is 0 Å². The standard InChI is InChI=1S/C34H29N/c1-5-23(2)24(3)22-25(4)35-32-20-12-10-18-30(32)34(31-19-11-13-21-33(31)35)28-16-8-6-14-26(28)27-15-7-9-17-29(27)34/h6-22H,2,4-5H2,1,3H3/b24-22-. The average molecular weight is 452 g/mol. The molecule has 1 nitrogen and oxygen atoms in total. The Labute approximate surface area is 208 Å². The van der Waals surface area contributed by atoms with Crippen molar-refractivity contribution in [3.63, 3.8) is 0 Å². The van der Waals surface area contributed by atoms with Crippen molar-refractivity contribution in [2.45, 2.75) is 25.7 Å². The molecular formula is C34H29N. The molecule has 4 aromatic carbocycles. The van der Waals surface area contributed by atoms with E-state index in [0.717, 1.165) is 17.7 Å². The first-order chi connectivity index (χ1) is 17.1. The van der Waals surface area contributed by atoms with Crippen molar-refractivity contribution in [2.75, 3.05) is 4.90 Å². The van der Waals surface area contributed by atoms with Crippen molar-refractivity contribution < 1.29 is 0 Å². The van der Waals surface area contributed by atoms with Crippen LogP contribution in [0, 0.1) is 0 Å². The van der Waals surface area contributed by atoms with Gasteiger partial charge in [0.25, 0.3) is 0 Å².